The van der Waals surface area contributed by atoms with Crippen LogP contribution in [0, 0.1) is 5.92 Å². The van der Waals surface area contributed by atoms with Crippen LogP contribution in [0.25, 0.3) is 0 Å². The molecule has 0 heterocycles. The van der Waals surface area contributed by atoms with Crippen LogP contribution < -0.4 is 0 Å². The third kappa shape index (κ3) is 2.48. The molecular formula is C15H21O5PS. The van der Waals surface area contributed by atoms with Crippen LogP contribution >= 0.6 is 7.60 Å². The van der Waals surface area contributed by atoms with Crippen molar-refractivity contribution in [3.05, 3.63) is 43.0 Å². The smallest absolute Gasteiger partial charge is 0.308 e. The molecule has 1 saturated carbocycles. The zero-order chi connectivity index (χ0) is 16.4. The predicted octanol–water partition coefficient (Wildman–Crippen LogP) is 3.63. The molecule has 1 aromatic rings. The highest BCUT2D eigenvalue weighted by molar-refractivity contribution is 8.00. The first-order valence-corrected chi connectivity index (χ1v) is 10.2. The molecule has 0 saturated heterocycles. The van der Waals surface area contributed by atoms with Gasteiger partial charge in [0.05, 0.1) is 18.1 Å². The molecule has 7 heteroatoms. The van der Waals surface area contributed by atoms with E-state index in [4.69, 9.17) is 9.05 Å². The van der Waals surface area contributed by atoms with Crippen LogP contribution in [0.15, 0.2) is 47.9 Å². The first kappa shape index (κ1) is 17.4. The third-order valence-electron chi connectivity index (χ3n) is 3.80. The van der Waals surface area contributed by atoms with Gasteiger partial charge in [-0.15, -0.1) is 6.58 Å². The second-order valence-corrected chi connectivity index (χ2v) is 9.86. The number of rotatable bonds is 8. The van der Waals surface area contributed by atoms with Gasteiger partial charge in [-0.1, -0.05) is 24.3 Å². The summed E-state index contributed by atoms with van der Waals surface area (Å²) in [5, 5.41) is 0. The van der Waals surface area contributed by atoms with E-state index >= 15 is 0 Å². The molecule has 122 valence electrons. The summed E-state index contributed by atoms with van der Waals surface area (Å²) in [6.45, 7) is 7.23. The normalized spacial score (nSPS) is 24.9. The Morgan fingerprint density at radius 3 is 2.23 bits per heavy atom. The predicted molar refractivity (Wildman–Crippen MR) is 85.5 cm³/mol. The zero-order valence-electron chi connectivity index (χ0n) is 12.8. The highest BCUT2D eigenvalue weighted by Gasteiger charge is 2.75. The summed E-state index contributed by atoms with van der Waals surface area (Å²) >= 11 is 0. The summed E-state index contributed by atoms with van der Waals surface area (Å²) in [7, 11) is -7.71. The Kier molecular flexibility index (Phi) is 4.97. The minimum absolute atomic E-state index is 0.118. The van der Waals surface area contributed by atoms with E-state index in [0.29, 0.717) is 0 Å². The highest BCUT2D eigenvalue weighted by atomic mass is 32.2. The molecule has 1 aliphatic rings. The summed E-state index contributed by atoms with van der Waals surface area (Å²) < 4.78 is 48.5. The highest BCUT2D eigenvalue weighted by Crippen LogP contribution is 2.77. The van der Waals surface area contributed by atoms with Gasteiger partial charge in [-0.25, -0.2) is 8.42 Å². The van der Waals surface area contributed by atoms with Crippen LogP contribution in [0.1, 0.15) is 20.3 Å². The Morgan fingerprint density at radius 2 is 1.82 bits per heavy atom. The van der Waals surface area contributed by atoms with E-state index in [2.05, 4.69) is 6.58 Å². The van der Waals surface area contributed by atoms with E-state index < -0.39 is 27.8 Å². The average molecular weight is 344 g/mol. The number of sulfone groups is 1. The summed E-state index contributed by atoms with van der Waals surface area (Å²) in [6, 6.07) is 8.00. The first-order valence-electron chi connectivity index (χ1n) is 7.21. The molecule has 0 radical (unpaired) electrons. The lowest BCUT2D eigenvalue weighted by Crippen LogP contribution is -2.28. The fraction of sp³-hybridized carbons (Fsp3) is 0.467. The number of benzene rings is 1. The maximum atomic E-state index is 13.2. The first-order chi connectivity index (χ1) is 10.4. The van der Waals surface area contributed by atoms with E-state index in [-0.39, 0.29) is 24.5 Å². The Morgan fingerprint density at radius 1 is 1.27 bits per heavy atom. The molecule has 1 aliphatic carbocycles. The number of hydrogen-bond donors (Lipinski definition) is 0. The summed E-state index contributed by atoms with van der Waals surface area (Å²) in [4.78, 5) is 0.124. The Bertz CT molecular complexity index is 675. The Hall–Kier alpha value is -0.940. The lowest BCUT2D eigenvalue weighted by atomic mass is 10.4. The molecule has 1 aromatic carbocycles. The van der Waals surface area contributed by atoms with Gasteiger partial charge in [0, 0.05) is 5.92 Å². The topological polar surface area (TPSA) is 69.7 Å². The fourth-order valence-corrected chi connectivity index (χ4v) is 8.44. The monoisotopic (exact) mass is 344 g/mol. The Labute approximate surface area is 131 Å². The van der Waals surface area contributed by atoms with Crippen molar-refractivity contribution in [1.82, 2.24) is 0 Å². The largest absolute Gasteiger partial charge is 0.352 e. The van der Waals surface area contributed by atoms with Crippen LogP contribution in [0.5, 0.6) is 0 Å². The number of hydrogen-bond acceptors (Lipinski definition) is 5. The average Bonchev–Trinajstić information content (AvgIpc) is 3.26. The van der Waals surface area contributed by atoms with Gasteiger partial charge in [0.2, 0.25) is 0 Å². The summed E-state index contributed by atoms with van der Waals surface area (Å²) in [5.74, 6) is -0.443. The van der Waals surface area contributed by atoms with Crippen LogP contribution in [0.3, 0.4) is 0 Å². The van der Waals surface area contributed by atoms with Crippen molar-refractivity contribution in [3.8, 4) is 0 Å². The van der Waals surface area contributed by atoms with Crippen molar-refractivity contribution in [2.24, 2.45) is 5.92 Å². The molecule has 22 heavy (non-hydrogen) atoms. The van der Waals surface area contributed by atoms with Crippen LogP contribution in [-0.4, -0.2) is 26.1 Å². The van der Waals surface area contributed by atoms with Gasteiger partial charge in [0.15, 0.2) is 14.3 Å². The molecule has 0 unspecified atom stereocenters. The molecule has 0 bridgehead atoms. The lowest BCUT2D eigenvalue weighted by molar-refractivity contribution is 0.215. The minimum Gasteiger partial charge on any atom is -0.308 e. The van der Waals surface area contributed by atoms with Gasteiger partial charge in [-0.3, -0.25) is 4.57 Å². The van der Waals surface area contributed by atoms with Gasteiger partial charge in [-0.2, -0.15) is 0 Å². The van der Waals surface area contributed by atoms with E-state index in [9.17, 15) is 13.0 Å². The second-order valence-electron chi connectivity index (χ2n) is 5.04. The summed E-state index contributed by atoms with van der Waals surface area (Å²) in [5.41, 5.74) is 0. The van der Waals surface area contributed by atoms with E-state index in [0.717, 1.165) is 0 Å². The molecule has 0 aliphatic heterocycles. The van der Waals surface area contributed by atoms with Crippen molar-refractivity contribution in [3.63, 3.8) is 0 Å². The van der Waals surface area contributed by atoms with Crippen LogP contribution in [0.4, 0.5) is 0 Å². The lowest BCUT2D eigenvalue weighted by Gasteiger charge is -2.27. The van der Waals surface area contributed by atoms with E-state index in [1.165, 1.54) is 18.2 Å². The van der Waals surface area contributed by atoms with Crippen molar-refractivity contribution in [2.45, 2.75) is 29.7 Å². The van der Waals surface area contributed by atoms with E-state index in [1.807, 2.05) is 0 Å². The fourth-order valence-electron chi connectivity index (χ4n) is 2.69. The van der Waals surface area contributed by atoms with Crippen molar-refractivity contribution in [2.75, 3.05) is 13.2 Å². The Balaban J connectivity index is 2.59. The standard InChI is InChI=1S/C15H21O5PS/c1-4-13-12-15(13,21(16,19-5-2)20-6-3)22(17,18)14-10-8-7-9-11-14/h4,7-11,13H,1,5-6,12H2,2-3H3/t13-,15+/m1/s1. The summed E-state index contributed by atoms with van der Waals surface area (Å²) in [6.07, 6.45) is 1.72. The van der Waals surface area contributed by atoms with E-state index in [1.54, 1.807) is 32.0 Å². The molecule has 5 nitrogen and oxygen atoms in total. The van der Waals surface area contributed by atoms with Crippen LogP contribution in [-0.2, 0) is 23.4 Å². The maximum Gasteiger partial charge on any atom is 0.352 e. The molecular weight excluding hydrogens is 323 g/mol. The second kappa shape index (κ2) is 6.28. The molecule has 0 aromatic heterocycles. The number of allylic oxidation sites excluding steroid dienone is 1. The van der Waals surface area contributed by atoms with Gasteiger partial charge < -0.3 is 9.05 Å². The van der Waals surface area contributed by atoms with Crippen molar-refractivity contribution in [1.29, 1.82) is 0 Å². The van der Waals surface area contributed by atoms with Crippen molar-refractivity contribution >= 4 is 17.4 Å². The maximum absolute atomic E-state index is 13.2. The molecule has 1 fully saturated rings. The minimum atomic E-state index is -3.88. The molecule has 0 spiro atoms. The van der Waals surface area contributed by atoms with Gasteiger partial charge >= 0.3 is 7.60 Å². The molecule has 2 atom stereocenters. The quantitative estimate of drug-likeness (QED) is 0.532. The zero-order valence-corrected chi connectivity index (χ0v) is 14.5. The van der Waals surface area contributed by atoms with Crippen LogP contribution in [0.2, 0.25) is 0 Å². The SMILES string of the molecule is C=C[C@@H]1C[C@]1(P(=O)(OCC)OCC)S(=O)(=O)c1ccccc1. The van der Waals surface area contributed by atoms with Gasteiger partial charge in [0.25, 0.3) is 0 Å². The van der Waals surface area contributed by atoms with Gasteiger partial charge in [0.1, 0.15) is 0 Å². The molecule has 0 N–H and O–H groups in total. The van der Waals surface area contributed by atoms with Gasteiger partial charge in [-0.05, 0) is 32.4 Å². The third-order valence-corrected chi connectivity index (χ3v) is 10.1. The molecule has 0 amide bonds. The molecule has 2 rings (SSSR count). The van der Waals surface area contributed by atoms with Crippen molar-refractivity contribution < 1.29 is 22.0 Å².